The van der Waals surface area contributed by atoms with Gasteiger partial charge in [-0.3, -0.25) is 29.9 Å². The first-order chi connectivity index (χ1) is 18.2. The van der Waals surface area contributed by atoms with Gasteiger partial charge < -0.3 is 14.2 Å². The van der Waals surface area contributed by atoms with Crippen LogP contribution in [0.25, 0.3) is 11.0 Å². The second kappa shape index (κ2) is 8.15. The van der Waals surface area contributed by atoms with Crippen LogP contribution in [0.2, 0.25) is 0 Å². The molecule has 1 saturated carbocycles. The summed E-state index contributed by atoms with van der Waals surface area (Å²) in [6.45, 7) is 3.78. The van der Waals surface area contributed by atoms with Crippen molar-refractivity contribution in [3.63, 3.8) is 0 Å². The third-order valence-electron chi connectivity index (χ3n) is 8.62. The van der Waals surface area contributed by atoms with Gasteiger partial charge >= 0.3 is 6.03 Å². The van der Waals surface area contributed by atoms with E-state index in [1.807, 2.05) is 6.92 Å². The quantitative estimate of drug-likeness (QED) is 0.521. The lowest BCUT2D eigenvalue weighted by Crippen LogP contribution is -2.75. The van der Waals surface area contributed by atoms with Crippen LogP contribution in [-0.4, -0.2) is 64.3 Å². The number of nitrogens with zero attached hydrogens (tertiary/aromatic N) is 3. The molecule has 1 spiro atoms. The summed E-state index contributed by atoms with van der Waals surface area (Å²) in [6.07, 6.45) is 2.70. The molecule has 3 saturated heterocycles. The summed E-state index contributed by atoms with van der Waals surface area (Å²) in [5.41, 5.74) is -1.19. The second-order valence-corrected chi connectivity index (χ2v) is 12.1. The average molecular weight is 544 g/mol. The van der Waals surface area contributed by atoms with Crippen LogP contribution in [0.4, 0.5) is 25.5 Å². The lowest BCUT2D eigenvalue weighted by molar-refractivity contribution is -0.153. The third-order valence-corrected chi connectivity index (χ3v) is 9.87. The van der Waals surface area contributed by atoms with Gasteiger partial charge in [0.15, 0.2) is 17.1 Å². The van der Waals surface area contributed by atoms with Gasteiger partial charge in [0, 0.05) is 18.2 Å². The number of halogens is 1. The minimum atomic E-state index is -1.73. The number of ether oxygens (including phenoxy) is 1. The maximum atomic E-state index is 16.3. The molecule has 13 heteroatoms. The van der Waals surface area contributed by atoms with Crippen LogP contribution in [0.3, 0.4) is 0 Å². The molecular formula is C25H26FN5O6S. The molecule has 1 aliphatic carbocycles. The number of aromatic nitrogens is 1. The van der Waals surface area contributed by atoms with Crippen LogP contribution in [0.5, 0.6) is 0 Å². The minimum absolute atomic E-state index is 0.0498. The molecule has 7 rings (SSSR count). The number of amides is 5. The first-order valence-corrected chi connectivity index (χ1v) is 13.8. The molecule has 2 aromatic rings. The summed E-state index contributed by atoms with van der Waals surface area (Å²) in [7, 11) is 0. The molecule has 1 aromatic carbocycles. The Bertz CT molecular complexity index is 1410. The maximum Gasteiger partial charge on any atom is 0.328 e. The largest absolute Gasteiger partial charge is 0.372 e. The summed E-state index contributed by atoms with van der Waals surface area (Å²) in [4.78, 5) is 55.1. The van der Waals surface area contributed by atoms with E-state index in [1.54, 1.807) is 22.8 Å². The number of barbiturate groups is 1. The number of hydrogen-bond acceptors (Lipinski definition) is 9. The molecule has 200 valence electrons. The van der Waals surface area contributed by atoms with Crippen molar-refractivity contribution in [1.29, 1.82) is 0 Å². The first kappa shape index (κ1) is 23.9. The molecule has 5 aliphatic rings. The molecule has 0 bridgehead atoms. The van der Waals surface area contributed by atoms with Crippen molar-refractivity contribution in [1.82, 2.24) is 15.8 Å². The van der Waals surface area contributed by atoms with Crippen molar-refractivity contribution in [3.8, 4) is 0 Å². The van der Waals surface area contributed by atoms with Crippen molar-refractivity contribution in [2.24, 2.45) is 5.41 Å². The molecule has 4 fully saturated rings. The van der Waals surface area contributed by atoms with Gasteiger partial charge in [0.2, 0.25) is 17.4 Å². The standard InChI is InChI=1S/C25H26FN5O6S/c1-10-9-30-17-12(8-25(19(30)11(2)36-10)21(32)27-23(34)28-22(25)33)7-13-18(16(17)26)37-29-20(13)31-14-5-3-4-6-15(14)38-24(31)35/h7,10-11,14-15,19H,3-6,8-9H2,1-2H3,(H2,27,28,32,33,34)/t10-,11+,14-,15+,19-/m1/s1. The fraction of sp³-hybridized carbons (Fsp3) is 0.560. The zero-order chi connectivity index (χ0) is 26.5. The van der Waals surface area contributed by atoms with Crippen LogP contribution in [-0.2, 0) is 20.7 Å². The smallest absolute Gasteiger partial charge is 0.328 e. The Morgan fingerprint density at radius 1 is 1.13 bits per heavy atom. The number of morpholine rings is 1. The van der Waals surface area contributed by atoms with E-state index in [4.69, 9.17) is 9.26 Å². The molecule has 5 amide bonds. The topological polar surface area (TPSA) is 134 Å². The number of carbonyl (C=O) groups is 4. The highest BCUT2D eigenvalue weighted by molar-refractivity contribution is 8.14. The Morgan fingerprint density at radius 2 is 1.87 bits per heavy atom. The fourth-order valence-corrected chi connectivity index (χ4v) is 8.48. The Hall–Kier alpha value is -3.19. The van der Waals surface area contributed by atoms with E-state index in [1.165, 1.54) is 11.8 Å². The van der Waals surface area contributed by atoms with Gasteiger partial charge in [-0.1, -0.05) is 29.8 Å². The van der Waals surface area contributed by atoms with Crippen molar-refractivity contribution in [2.75, 3.05) is 16.3 Å². The number of thioether (sulfide) groups is 1. The van der Waals surface area contributed by atoms with Gasteiger partial charge in [0.05, 0.1) is 35.4 Å². The SMILES string of the molecule is C[C@@H]1CN2c3c(cc4c(N5C(=O)S[C@H]6CCCC[C@H]65)noc4c3F)CC3(C(=O)NC(=O)NC3=O)[C@H]2[C@H](C)O1. The van der Waals surface area contributed by atoms with E-state index >= 15 is 4.39 Å². The second-order valence-electron chi connectivity index (χ2n) is 10.9. The normalized spacial score (nSPS) is 32.2. The van der Waals surface area contributed by atoms with Gasteiger partial charge in [0.25, 0.3) is 5.24 Å². The van der Waals surface area contributed by atoms with Crippen LogP contribution in [0.15, 0.2) is 10.6 Å². The van der Waals surface area contributed by atoms with Crippen LogP contribution in [0, 0.1) is 11.2 Å². The number of nitrogens with one attached hydrogen (secondary N) is 2. The van der Waals surface area contributed by atoms with Crippen LogP contribution in [0.1, 0.15) is 45.1 Å². The average Bonchev–Trinajstić information content (AvgIpc) is 3.41. The summed E-state index contributed by atoms with van der Waals surface area (Å²) < 4.78 is 27.9. The Kier molecular flexibility index (Phi) is 5.13. The summed E-state index contributed by atoms with van der Waals surface area (Å²) >= 11 is 1.28. The molecule has 2 N–H and O–H groups in total. The van der Waals surface area contributed by atoms with Crippen molar-refractivity contribution in [3.05, 3.63) is 17.4 Å². The summed E-state index contributed by atoms with van der Waals surface area (Å²) in [5.74, 6) is -1.91. The zero-order valence-electron chi connectivity index (χ0n) is 20.8. The Labute approximate surface area is 220 Å². The molecule has 1 aromatic heterocycles. The highest BCUT2D eigenvalue weighted by Gasteiger charge is 2.63. The number of urea groups is 1. The number of imide groups is 2. The number of fused-ring (bicyclic) bond motifs is 6. The molecule has 5 atom stereocenters. The van der Waals surface area contributed by atoms with E-state index in [2.05, 4.69) is 15.8 Å². The molecule has 0 unspecified atom stereocenters. The third kappa shape index (κ3) is 3.08. The first-order valence-electron chi connectivity index (χ1n) is 12.9. The lowest BCUT2D eigenvalue weighted by Gasteiger charge is -2.55. The van der Waals surface area contributed by atoms with Gasteiger partial charge in [-0.05, 0) is 38.3 Å². The van der Waals surface area contributed by atoms with E-state index < -0.39 is 41.2 Å². The lowest BCUT2D eigenvalue weighted by atomic mass is 9.66. The van der Waals surface area contributed by atoms with Gasteiger partial charge in [-0.15, -0.1) is 0 Å². The number of anilines is 2. The van der Waals surface area contributed by atoms with E-state index in [0.29, 0.717) is 10.9 Å². The molecule has 0 radical (unpaired) electrons. The van der Waals surface area contributed by atoms with E-state index in [9.17, 15) is 19.2 Å². The van der Waals surface area contributed by atoms with Gasteiger partial charge in [-0.2, -0.15) is 0 Å². The van der Waals surface area contributed by atoms with Crippen molar-refractivity contribution < 1.29 is 32.8 Å². The molecule has 38 heavy (non-hydrogen) atoms. The van der Waals surface area contributed by atoms with E-state index in [0.717, 1.165) is 25.7 Å². The van der Waals surface area contributed by atoms with Crippen molar-refractivity contribution >= 4 is 57.3 Å². The predicted molar refractivity (Wildman–Crippen MR) is 134 cm³/mol. The summed E-state index contributed by atoms with van der Waals surface area (Å²) in [6, 6.07) is -0.136. The summed E-state index contributed by atoms with van der Waals surface area (Å²) in [5, 5.41) is 8.95. The fourth-order valence-electron chi connectivity index (χ4n) is 7.19. The number of rotatable bonds is 1. The molecule has 11 nitrogen and oxygen atoms in total. The molecular weight excluding hydrogens is 517 g/mol. The van der Waals surface area contributed by atoms with Crippen LogP contribution >= 0.6 is 11.8 Å². The van der Waals surface area contributed by atoms with Gasteiger partial charge in [-0.25, -0.2) is 9.18 Å². The molecule has 5 heterocycles. The zero-order valence-corrected chi connectivity index (χ0v) is 21.6. The number of benzene rings is 1. The monoisotopic (exact) mass is 543 g/mol. The highest BCUT2D eigenvalue weighted by Crippen LogP contribution is 2.51. The minimum Gasteiger partial charge on any atom is -0.372 e. The number of hydrogen-bond donors (Lipinski definition) is 2. The van der Waals surface area contributed by atoms with Crippen molar-refractivity contribution in [2.45, 2.75) is 75.5 Å². The highest BCUT2D eigenvalue weighted by atomic mass is 32.2. The van der Waals surface area contributed by atoms with Gasteiger partial charge in [0.1, 0.15) is 0 Å². The van der Waals surface area contributed by atoms with Crippen LogP contribution < -0.4 is 20.4 Å². The maximum absolute atomic E-state index is 16.3. The Morgan fingerprint density at radius 3 is 2.63 bits per heavy atom. The predicted octanol–water partition coefficient (Wildman–Crippen LogP) is 2.84. The molecule has 4 aliphatic heterocycles. The van der Waals surface area contributed by atoms with E-state index in [-0.39, 0.29) is 52.7 Å². The Balaban J connectivity index is 1.41. The number of carbonyl (C=O) groups excluding carboxylic acids is 4.